The Labute approximate surface area is 201 Å². The zero-order chi connectivity index (χ0) is 23.2. The normalized spacial score (nSPS) is 10.8. The standard InChI is InChI=1S/C26H25BrN4O2/c1-3-31(4-2)24(32)17-33-21-15-9-18(10-16-21)25-22-7-5-6-8-23(22)26(30-29-25)28-20-13-11-19(27)12-14-20/h5-16H,3-4,17H2,1-2H3,(H,28,30). The van der Waals surface area contributed by atoms with Gasteiger partial charge in [-0.3, -0.25) is 4.79 Å². The Morgan fingerprint density at radius 3 is 2.24 bits per heavy atom. The molecule has 0 saturated carbocycles. The highest BCUT2D eigenvalue weighted by Gasteiger charge is 2.13. The highest BCUT2D eigenvalue weighted by molar-refractivity contribution is 9.10. The third-order valence-corrected chi connectivity index (χ3v) is 5.93. The van der Waals surface area contributed by atoms with Crippen LogP contribution in [0.3, 0.4) is 0 Å². The number of amides is 1. The van der Waals surface area contributed by atoms with Crippen LogP contribution >= 0.6 is 15.9 Å². The van der Waals surface area contributed by atoms with E-state index < -0.39 is 0 Å². The van der Waals surface area contributed by atoms with Crippen LogP contribution in [-0.2, 0) is 4.79 Å². The summed E-state index contributed by atoms with van der Waals surface area (Å²) in [5.74, 6) is 1.33. The number of carbonyl (C=O) groups is 1. The van der Waals surface area contributed by atoms with Gasteiger partial charge in [-0.25, -0.2) is 0 Å². The van der Waals surface area contributed by atoms with Gasteiger partial charge >= 0.3 is 0 Å². The fraction of sp³-hybridized carbons (Fsp3) is 0.192. The smallest absolute Gasteiger partial charge is 0.260 e. The second-order valence-corrected chi connectivity index (χ2v) is 8.37. The number of likely N-dealkylation sites (N-methyl/N-ethyl adjacent to an activating group) is 1. The molecular formula is C26H25BrN4O2. The van der Waals surface area contributed by atoms with Crippen molar-refractivity contribution in [2.75, 3.05) is 25.0 Å². The molecule has 6 nitrogen and oxygen atoms in total. The third-order valence-electron chi connectivity index (χ3n) is 5.40. The summed E-state index contributed by atoms with van der Waals surface area (Å²) in [4.78, 5) is 13.9. The molecule has 0 fully saturated rings. The summed E-state index contributed by atoms with van der Waals surface area (Å²) in [6.45, 7) is 5.30. The lowest BCUT2D eigenvalue weighted by Crippen LogP contribution is -2.34. The van der Waals surface area contributed by atoms with Crippen molar-refractivity contribution in [3.05, 3.63) is 77.3 Å². The predicted octanol–water partition coefficient (Wildman–Crippen LogP) is 6.05. The summed E-state index contributed by atoms with van der Waals surface area (Å²) in [6, 6.07) is 23.6. The van der Waals surface area contributed by atoms with Crippen molar-refractivity contribution < 1.29 is 9.53 Å². The Kier molecular flexibility index (Phi) is 7.19. The van der Waals surface area contributed by atoms with E-state index in [1.807, 2.05) is 86.6 Å². The Balaban J connectivity index is 1.56. The minimum absolute atomic E-state index is 0.0187. The van der Waals surface area contributed by atoms with Crippen molar-refractivity contribution in [2.45, 2.75) is 13.8 Å². The van der Waals surface area contributed by atoms with E-state index in [2.05, 4.69) is 31.4 Å². The van der Waals surface area contributed by atoms with E-state index in [0.717, 1.165) is 32.2 Å². The zero-order valence-corrected chi connectivity index (χ0v) is 20.2. The van der Waals surface area contributed by atoms with Gasteiger partial charge < -0.3 is 15.0 Å². The lowest BCUT2D eigenvalue weighted by atomic mass is 10.0. The number of halogens is 1. The van der Waals surface area contributed by atoms with Crippen LogP contribution in [0.1, 0.15) is 13.8 Å². The SMILES string of the molecule is CCN(CC)C(=O)COc1ccc(-c2nnc(Nc3ccc(Br)cc3)c3ccccc23)cc1. The number of hydrogen-bond acceptors (Lipinski definition) is 5. The molecule has 0 aliphatic rings. The number of hydrogen-bond donors (Lipinski definition) is 1. The number of ether oxygens (including phenoxy) is 1. The minimum atomic E-state index is -0.0187. The van der Waals surface area contributed by atoms with Crippen molar-refractivity contribution in [3.63, 3.8) is 0 Å². The lowest BCUT2D eigenvalue weighted by molar-refractivity contribution is -0.132. The number of anilines is 2. The number of nitrogens with one attached hydrogen (secondary N) is 1. The van der Waals surface area contributed by atoms with Crippen LogP contribution in [0.5, 0.6) is 5.75 Å². The first-order chi connectivity index (χ1) is 16.1. The van der Waals surface area contributed by atoms with E-state index in [-0.39, 0.29) is 12.5 Å². The highest BCUT2D eigenvalue weighted by atomic mass is 79.9. The number of aromatic nitrogens is 2. The van der Waals surface area contributed by atoms with Crippen LogP contribution in [0, 0.1) is 0 Å². The van der Waals surface area contributed by atoms with Gasteiger partial charge in [-0.05, 0) is 62.4 Å². The topological polar surface area (TPSA) is 67.4 Å². The molecule has 0 saturated heterocycles. The Hall–Kier alpha value is -3.45. The molecule has 4 rings (SSSR count). The molecular weight excluding hydrogens is 480 g/mol. The van der Waals surface area contributed by atoms with Crippen molar-refractivity contribution in [1.82, 2.24) is 15.1 Å². The van der Waals surface area contributed by atoms with Crippen LogP contribution in [0.15, 0.2) is 77.3 Å². The molecule has 1 amide bonds. The fourth-order valence-electron chi connectivity index (χ4n) is 3.60. The maximum Gasteiger partial charge on any atom is 0.260 e. The molecule has 0 aliphatic heterocycles. The highest BCUT2D eigenvalue weighted by Crippen LogP contribution is 2.32. The minimum Gasteiger partial charge on any atom is -0.484 e. The number of rotatable bonds is 8. The van der Waals surface area contributed by atoms with Crippen LogP contribution in [0.25, 0.3) is 22.0 Å². The van der Waals surface area contributed by atoms with Crippen molar-refractivity contribution in [3.8, 4) is 17.0 Å². The van der Waals surface area contributed by atoms with Gasteiger partial charge in [-0.2, -0.15) is 0 Å². The van der Waals surface area contributed by atoms with Crippen LogP contribution in [0.2, 0.25) is 0 Å². The molecule has 3 aromatic carbocycles. The molecule has 168 valence electrons. The largest absolute Gasteiger partial charge is 0.484 e. The lowest BCUT2D eigenvalue weighted by Gasteiger charge is -2.18. The van der Waals surface area contributed by atoms with E-state index in [1.165, 1.54) is 0 Å². The van der Waals surface area contributed by atoms with Crippen LogP contribution in [-0.4, -0.2) is 40.7 Å². The van der Waals surface area contributed by atoms with E-state index in [9.17, 15) is 4.79 Å². The van der Waals surface area contributed by atoms with Crippen molar-refractivity contribution in [2.24, 2.45) is 0 Å². The molecule has 0 spiro atoms. The first-order valence-corrected chi connectivity index (χ1v) is 11.7. The van der Waals surface area contributed by atoms with E-state index in [4.69, 9.17) is 4.74 Å². The number of benzene rings is 3. The van der Waals surface area contributed by atoms with Gasteiger partial charge in [0.25, 0.3) is 5.91 Å². The van der Waals surface area contributed by atoms with Crippen molar-refractivity contribution >= 4 is 44.1 Å². The molecule has 1 heterocycles. The summed E-state index contributed by atoms with van der Waals surface area (Å²) < 4.78 is 6.70. The molecule has 0 aliphatic carbocycles. The maximum atomic E-state index is 12.2. The van der Waals surface area contributed by atoms with E-state index in [0.29, 0.717) is 24.7 Å². The predicted molar refractivity (Wildman–Crippen MR) is 136 cm³/mol. The number of carbonyl (C=O) groups excluding carboxylic acids is 1. The molecule has 4 aromatic rings. The maximum absolute atomic E-state index is 12.2. The van der Waals surface area contributed by atoms with Gasteiger partial charge in [-0.15, -0.1) is 10.2 Å². The molecule has 0 bridgehead atoms. The number of fused-ring (bicyclic) bond motifs is 1. The zero-order valence-electron chi connectivity index (χ0n) is 18.6. The Morgan fingerprint density at radius 2 is 1.58 bits per heavy atom. The second kappa shape index (κ2) is 10.4. The van der Waals surface area contributed by atoms with Gasteiger partial charge in [0.1, 0.15) is 11.4 Å². The Morgan fingerprint density at radius 1 is 0.909 bits per heavy atom. The number of nitrogens with zero attached hydrogens (tertiary/aromatic N) is 3. The quantitative estimate of drug-likeness (QED) is 0.316. The van der Waals surface area contributed by atoms with Gasteiger partial charge in [-0.1, -0.05) is 40.2 Å². The van der Waals surface area contributed by atoms with Gasteiger partial charge in [0.15, 0.2) is 12.4 Å². The average Bonchev–Trinajstić information content (AvgIpc) is 2.85. The van der Waals surface area contributed by atoms with E-state index >= 15 is 0 Å². The molecule has 0 atom stereocenters. The molecule has 0 unspecified atom stereocenters. The second-order valence-electron chi connectivity index (χ2n) is 7.45. The fourth-order valence-corrected chi connectivity index (χ4v) is 3.87. The van der Waals surface area contributed by atoms with Crippen LogP contribution in [0.4, 0.5) is 11.5 Å². The molecule has 1 aromatic heterocycles. The van der Waals surface area contributed by atoms with Gasteiger partial charge in [0.05, 0.1) is 0 Å². The summed E-state index contributed by atoms with van der Waals surface area (Å²) in [7, 11) is 0. The molecule has 1 N–H and O–H groups in total. The summed E-state index contributed by atoms with van der Waals surface area (Å²) in [5.41, 5.74) is 2.65. The molecule has 7 heteroatoms. The first kappa shape index (κ1) is 22.7. The monoisotopic (exact) mass is 504 g/mol. The van der Waals surface area contributed by atoms with Crippen LogP contribution < -0.4 is 10.1 Å². The Bertz CT molecular complexity index is 1240. The third kappa shape index (κ3) is 5.31. The average molecular weight is 505 g/mol. The summed E-state index contributed by atoms with van der Waals surface area (Å²) in [5, 5.41) is 14.3. The molecule has 0 radical (unpaired) electrons. The van der Waals surface area contributed by atoms with Gasteiger partial charge in [0, 0.05) is 39.6 Å². The first-order valence-electron chi connectivity index (χ1n) is 10.9. The summed E-state index contributed by atoms with van der Waals surface area (Å²) >= 11 is 3.46. The van der Waals surface area contributed by atoms with Crippen molar-refractivity contribution in [1.29, 1.82) is 0 Å². The molecule has 33 heavy (non-hydrogen) atoms. The van der Waals surface area contributed by atoms with Gasteiger partial charge in [0.2, 0.25) is 0 Å². The summed E-state index contributed by atoms with van der Waals surface area (Å²) in [6.07, 6.45) is 0. The van der Waals surface area contributed by atoms with E-state index in [1.54, 1.807) is 4.90 Å².